The molecule has 1 aromatic carbocycles. The Bertz CT molecular complexity index is 408. The first-order valence-electron chi connectivity index (χ1n) is 7.17. The summed E-state index contributed by atoms with van der Waals surface area (Å²) in [4.78, 5) is 0.897. The molecule has 0 spiro atoms. The van der Waals surface area contributed by atoms with Gasteiger partial charge in [-0.1, -0.05) is 69.6 Å². The summed E-state index contributed by atoms with van der Waals surface area (Å²) >= 11 is 0. The highest BCUT2D eigenvalue weighted by molar-refractivity contribution is 7.62. The van der Waals surface area contributed by atoms with Gasteiger partial charge in [-0.15, -0.1) is 0 Å². The summed E-state index contributed by atoms with van der Waals surface area (Å²) in [6, 6.07) is 11.0. The van der Waals surface area contributed by atoms with Gasteiger partial charge in [0.25, 0.3) is 0 Å². The molecule has 4 heteroatoms. The van der Waals surface area contributed by atoms with Gasteiger partial charge in [0, 0.05) is 8.15 Å². The van der Waals surface area contributed by atoms with E-state index in [1.54, 1.807) is 0 Å². The minimum Gasteiger partial charge on any atom is -0.358 e. The predicted molar refractivity (Wildman–Crippen MR) is 92.5 cm³/mol. The van der Waals surface area contributed by atoms with Gasteiger partial charge in [0.2, 0.25) is 0 Å². The fourth-order valence-corrected chi connectivity index (χ4v) is 22.9. The van der Waals surface area contributed by atoms with Crippen molar-refractivity contribution < 1.29 is 4.52 Å². The zero-order valence-corrected chi connectivity index (χ0v) is 16.0. The molecule has 106 valence electrons. The monoisotopic (exact) mass is 310 g/mol. The van der Waals surface area contributed by atoms with E-state index in [1.165, 1.54) is 5.56 Å². The molecule has 1 aliphatic heterocycles. The van der Waals surface area contributed by atoms with Crippen molar-refractivity contribution >= 4 is 24.3 Å². The van der Waals surface area contributed by atoms with Gasteiger partial charge in [-0.05, 0) is 10.5 Å². The minimum atomic E-state index is -1.16. The summed E-state index contributed by atoms with van der Waals surface area (Å²) in [5.74, 6) is 0. The van der Waals surface area contributed by atoms with Crippen molar-refractivity contribution in [3.05, 3.63) is 35.9 Å². The van der Waals surface area contributed by atoms with Gasteiger partial charge in [-0.25, -0.2) is 0 Å². The number of rotatable bonds is 4. The predicted octanol–water partition coefficient (Wildman–Crippen LogP) is 5.28. The normalized spacial score (nSPS) is 24.4. The third-order valence-electron chi connectivity index (χ3n) is 3.77. The Hall–Kier alpha value is 0.0438. The second kappa shape index (κ2) is 5.44. The van der Waals surface area contributed by atoms with Crippen molar-refractivity contribution in [1.82, 2.24) is 0 Å². The summed E-state index contributed by atoms with van der Waals surface area (Å²) in [6.07, 6.45) is 0. The lowest BCUT2D eigenvalue weighted by Crippen LogP contribution is -2.54. The minimum absolute atomic E-state index is 0.254. The lowest BCUT2D eigenvalue weighted by atomic mass is 10.1. The summed E-state index contributed by atoms with van der Waals surface area (Å²) in [5, 5.41) is 0. The third-order valence-corrected chi connectivity index (χ3v) is 20.4. The molecule has 2 atom stereocenters. The molecule has 2 unspecified atom stereocenters. The molecular weight excluding hydrogens is 283 g/mol. The quantitative estimate of drug-likeness (QED) is 0.543. The van der Waals surface area contributed by atoms with Crippen LogP contribution >= 0.6 is 8.15 Å². The Morgan fingerprint density at radius 3 is 1.89 bits per heavy atom. The second-order valence-corrected chi connectivity index (χ2v) is 22.0. The Kier molecular flexibility index (Phi) is 4.42. The van der Waals surface area contributed by atoms with E-state index in [1.807, 2.05) is 0 Å². The van der Waals surface area contributed by atoms with Crippen molar-refractivity contribution in [2.45, 2.75) is 49.8 Å². The molecule has 1 saturated heterocycles. The maximum absolute atomic E-state index is 6.15. The van der Waals surface area contributed by atoms with Crippen LogP contribution in [0.5, 0.6) is 0 Å². The third kappa shape index (κ3) is 3.38. The van der Waals surface area contributed by atoms with Crippen molar-refractivity contribution in [2.75, 3.05) is 6.61 Å². The molecule has 0 saturated carbocycles. The Morgan fingerprint density at radius 2 is 1.53 bits per heavy atom. The standard InChI is InChI=1S/C15H27OPSi2/c1-18(2,3)15(19(4,5)6)17-14(12-16-17)13-10-8-7-9-11-13/h7-11,14-15H,12H2,1-6H3. The molecule has 0 aromatic heterocycles. The van der Waals surface area contributed by atoms with Gasteiger partial charge in [-0.2, -0.15) is 0 Å². The van der Waals surface area contributed by atoms with Crippen LogP contribution in [0.3, 0.4) is 0 Å². The first-order chi connectivity index (χ1) is 8.71. The van der Waals surface area contributed by atoms with Crippen LogP contribution in [-0.4, -0.2) is 27.7 Å². The number of hydrogen-bond donors (Lipinski definition) is 0. The molecule has 1 heterocycles. The van der Waals surface area contributed by atoms with Gasteiger partial charge in [-0.3, -0.25) is 0 Å². The van der Waals surface area contributed by atoms with E-state index in [9.17, 15) is 0 Å². The van der Waals surface area contributed by atoms with Crippen molar-refractivity contribution in [3.8, 4) is 0 Å². The molecule has 0 aliphatic carbocycles. The molecule has 1 fully saturated rings. The van der Waals surface area contributed by atoms with Crippen LogP contribution in [0.1, 0.15) is 11.2 Å². The lowest BCUT2D eigenvalue weighted by Gasteiger charge is -2.50. The van der Waals surface area contributed by atoms with Gasteiger partial charge in [0.1, 0.15) is 0 Å². The first kappa shape index (κ1) is 15.4. The molecule has 0 bridgehead atoms. The van der Waals surface area contributed by atoms with Crippen LogP contribution < -0.4 is 0 Å². The average molecular weight is 311 g/mol. The molecule has 19 heavy (non-hydrogen) atoms. The maximum atomic E-state index is 6.15. The fourth-order valence-electron chi connectivity index (χ4n) is 3.47. The van der Waals surface area contributed by atoms with Gasteiger partial charge >= 0.3 is 0 Å². The molecule has 1 aliphatic rings. The average Bonchev–Trinajstić information content (AvgIpc) is 2.22. The van der Waals surface area contributed by atoms with Gasteiger partial charge in [0.05, 0.1) is 28.4 Å². The highest BCUT2D eigenvalue weighted by Crippen LogP contribution is 2.67. The van der Waals surface area contributed by atoms with E-state index < -0.39 is 16.1 Å². The summed E-state index contributed by atoms with van der Waals surface area (Å²) < 4.78 is 6.15. The van der Waals surface area contributed by atoms with Crippen LogP contribution in [0, 0.1) is 0 Å². The fraction of sp³-hybridized carbons (Fsp3) is 0.600. The van der Waals surface area contributed by atoms with Crippen LogP contribution in [0.15, 0.2) is 30.3 Å². The molecule has 0 N–H and O–H groups in total. The Morgan fingerprint density at radius 1 is 1.00 bits per heavy atom. The zero-order chi connectivity index (χ0) is 14.3. The van der Waals surface area contributed by atoms with Crippen LogP contribution in [0.25, 0.3) is 0 Å². The van der Waals surface area contributed by atoms with Crippen molar-refractivity contribution in [3.63, 3.8) is 0 Å². The Balaban J connectivity index is 2.25. The molecule has 1 aromatic rings. The summed E-state index contributed by atoms with van der Waals surface area (Å²) in [6.45, 7) is 16.1. The van der Waals surface area contributed by atoms with E-state index in [0.717, 1.165) is 11.5 Å². The molecule has 0 radical (unpaired) electrons. The first-order valence-corrected chi connectivity index (χ1v) is 15.7. The van der Waals surface area contributed by atoms with Crippen molar-refractivity contribution in [2.24, 2.45) is 0 Å². The lowest BCUT2D eigenvalue weighted by molar-refractivity contribution is 0.283. The van der Waals surface area contributed by atoms with Crippen LogP contribution in [0.4, 0.5) is 0 Å². The van der Waals surface area contributed by atoms with E-state index in [2.05, 4.69) is 69.6 Å². The highest BCUT2D eigenvalue weighted by Gasteiger charge is 2.50. The molecule has 1 nitrogen and oxygen atoms in total. The smallest absolute Gasteiger partial charge is 0.0638 e. The summed E-state index contributed by atoms with van der Waals surface area (Å²) in [7, 11) is -2.58. The molecule has 0 amide bonds. The zero-order valence-electron chi connectivity index (χ0n) is 13.1. The van der Waals surface area contributed by atoms with E-state index >= 15 is 0 Å². The maximum Gasteiger partial charge on any atom is 0.0638 e. The second-order valence-electron chi connectivity index (χ2n) is 7.72. The summed E-state index contributed by atoms with van der Waals surface area (Å²) in [5.41, 5.74) is 2.20. The van der Waals surface area contributed by atoms with Crippen molar-refractivity contribution in [1.29, 1.82) is 0 Å². The topological polar surface area (TPSA) is 9.23 Å². The number of hydrogen-bond acceptors (Lipinski definition) is 1. The SMILES string of the molecule is C[Si](C)(C)C(P1OCC1c1ccccc1)[Si](C)(C)C. The van der Waals surface area contributed by atoms with Gasteiger partial charge in [0.15, 0.2) is 0 Å². The van der Waals surface area contributed by atoms with Crippen LogP contribution in [-0.2, 0) is 4.52 Å². The van der Waals surface area contributed by atoms with E-state index in [4.69, 9.17) is 4.52 Å². The van der Waals surface area contributed by atoms with E-state index in [-0.39, 0.29) is 8.15 Å². The van der Waals surface area contributed by atoms with E-state index in [0.29, 0.717) is 5.66 Å². The molecule has 2 rings (SSSR count). The number of benzene rings is 1. The molecular formula is C15H27OPSi2. The van der Waals surface area contributed by atoms with Crippen LogP contribution in [0.2, 0.25) is 39.3 Å². The largest absolute Gasteiger partial charge is 0.358 e. The Labute approximate surface area is 121 Å². The highest BCUT2D eigenvalue weighted by atomic mass is 31.1. The van der Waals surface area contributed by atoms with Gasteiger partial charge < -0.3 is 4.52 Å².